The fourth-order valence-corrected chi connectivity index (χ4v) is 3.16. The third-order valence-electron chi connectivity index (χ3n) is 5.03. The quantitative estimate of drug-likeness (QED) is 0.858. The van der Waals surface area contributed by atoms with Crippen LogP contribution in [0.2, 0.25) is 0 Å². The fraction of sp³-hybridized carbons (Fsp3) is 0.421. The molecule has 1 saturated heterocycles. The lowest BCUT2D eigenvalue weighted by atomic mass is 10.1. The Balaban J connectivity index is 1.61. The van der Waals surface area contributed by atoms with Crippen LogP contribution in [0.1, 0.15) is 27.9 Å². The topological polar surface area (TPSA) is 89.3 Å². The first-order valence-corrected chi connectivity index (χ1v) is 8.73. The van der Waals surface area contributed by atoms with Gasteiger partial charge in [-0.1, -0.05) is 18.2 Å². The van der Waals surface area contributed by atoms with Gasteiger partial charge in [-0.05, 0) is 37.5 Å². The number of carbonyl (C=O) groups is 2. The predicted octanol–water partition coefficient (Wildman–Crippen LogP) is 1.04. The summed E-state index contributed by atoms with van der Waals surface area (Å²) in [6.07, 6.45) is 0.00903. The van der Waals surface area contributed by atoms with Crippen LogP contribution >= 0.6 is 0 Å². The summed E-state index contributed by atoms with van der Waals surface area (Å²) in [7, 11) is 0. The minimum Gasteiger partial charge on any atom is -0.335 e. The second kappa shape index (κ2) is 7.19. The molecule has 0 radical (unpaired) electrons. The van der Waals surface area contributed by atoms with Gasteiger partial charge in [0.2, 0.25) is 11.8 Å². The summed E-state index contributed by atoms with van der Waals surface area (Å²) in [4.78, 5) is 39.9. The summed E-state index contributed by atoms with van der Waals surface area (Å²) in [6.45, 7) is 7.46. The van der Waals surface area contributed by atoms with Crippen LogP contribution in [0.3, 0.4) is 0 Å². The number of hydrogen-bond donors (Lipinski definition) is 2. The van der Waals surface area contributed by atoms with Crippen LogP contribution in [0.4, 0.5) is 0 Å². The van der Waals surface area contributed by atoms with Crippen molar-refractivity contribution in [3.63, 3.8) is 0 Å². The van der Waals surface area contributed by atoms with E-state index in [9.17, 15) is 14.4 Å². The van der Waals surface area contributed by atoms with Crippen molar-refractivity contribution in [2.24, 2.45) is 0 Å². The smallest absolute Gasteiger partial charge is 0.267 e. The molecule has 0 atom stereocenters. The largest absolute Gasteiger partial charge is 0.335 e. The normalized spacial score (nSPS) is 14.8. The molecule has 2 heterocycles. The zero-order chi connectivity index (χ0) is 18.8. The number of aromatic nitrogens is 2. The third-order valence-corrected chi connectivity index (χ3v) is 5.03. The average molecular weight is 356 g/mol. The molecular weight excluding hydrogens is 332 g/mol. The van der Waals surface area contributed by atoms with E-state index >= 15 is 0 Å². The molecule has 2 amide bonds. The Morgan fingerprint density at radius 3 is 2.46 bits per heavy atom. The van der Waals surface area contributed by atoms with E-state index in [-0.39, 0.29) is 30.3 Å². The first-order valence-electron chi connectivity index (χ1n) is 8.73. The van der Waals surface area contributed by atoms with Crippen LogP contribution in [0.25, 0.3) is 0 Å². The summed E-state index contributed by atoms with van der Waals surface area (Å²) in [5.74, 6) is -0.264. The summed E-state index contributed by atoms with van der Waals surface area (Å²) in [6, 6.07) is 6.20. The van der Waals surface area contributed by atoms with Crippen molar-refractivity contribution in [2.45, 2.75) is 33.7 Å². The highest BCUT2D eigenvalue weighted by molar-refractivity contribution is 5.87. The van der Waals surface area contributed by atoms with Crippen LogP contribution in [0.5, 0.6) is 0 Å². The Labute approximate surface area is 152 Å². The highest BCUT2D eigenvalue weighted by atomic mass is 16.2. The van der Waals surface area contributed by atoms with Crippen molar-refractivity contribution < 1.29 is 9.59 Å². The maximum atomic E-state index is 12.5. The van der Waals surface area contributed by atoms with Gasteiger partial charge in [-0.3, -0.25) is 19.5 Å². The molecule has 1 aliphatic rings. The van der Waals surface area contributed by atoms with E-state index in [4.69, 9.17) is 0 Å². The van der Waals surface area contributed by atoms with Gasteiger partial charge in [-0.2, -0.15) is 0 Å². The molecule has 2 aromatic rings. The SMILES string of the molecule is Cc1ccc(CN2CCN(C(=O)Cc3c(C)[nH][nH]c3=O)CC2=O)cc1C. The van der Waals surface area contributed by atoms with Gasteiger partial charge in [-0.25, -0.2) is 0 Å². The van der Waals surface area contributed by atoms with Gasteiger partial charge in [0.15, 0.2) is 0 Å². The summed E-state index contributed by atoms with van der Waals surface area (Å²) in [5.41, 5.74) is 4.33. The van der Waals surface area contributed by atoms with E-state index in [1.165, 1.54) is 16.0 Å². The number of hydrogen-bond acceptors (Lipinski definition) is 3. The molecule has 0 saturated carbocycles. The number of piperazine rings is 1. The molecule has 26 heavy (non-hydrogen) atoms. The molecule has 1 aromatic carbocycles. The van der Waals surface area contributed by atoms with Crippen molar-refractivity contribution in [1.29, 1.82) is 0 Å². The predicted molar refractivity (Wildman–Crippen MR) is 97.8 cm³/mol. The molecule has 2 N–H and O–H groups in total. The molecule has 0 aliphatic carbocycles. The highest BCUT2D eigenvalue weighted by Crippen LogP contribution is 2.14. The van der Waals surface area contributed by atoms with Crippen LogP contribution in [0.15, 0.2) is 23.0 Å². The monoisotopic (exact) mass is 356 g/mol. The number of carbonyl (C=O) groups excluding carboxylic acids is 2. The Morgan fingerprint density at radius 2 is 1.85 bits per heavy atom. The molecule has 1 aliphatic heterocycles. The first kappa shape index (κ1) is 18.0. The zero-order valence-corrected chi connectivity index (χ0v) is 15.4. The van der Waals surface area contributed by atoms with E-state index < -0.39 is 0 Å². The Bertz CT molecular complexity index is 896. The van der Waals surface area contributed by atoms with Gasteiger partial charge in [0.05, 0.1) is 13.0 Å². The number of aryl methyl sites for hydroxylation is 3. The van der Waals surface area contributed by atoms with Crippen molar-refractivity contribution in [3.05, 3.63) is 56.5 Å². The number of rotatable bonds is 4. The highest BCUT2D eigenvalue weighted by Gasteiger charge is 2.28. The van der Waals surface area contributed by atoms with Crippen LogP contribution in [-0.4, -0.2) is 51.4 Å². The molecule has 0 spiro atoms. The van der Waals surface area contributed by atoms with Crippen LogP contribution < -0.4 is 5.56 Å². The molecule has 138 valence electrons. The van der Waals surface area contributed by atoms with E-state index in [0.717, 1.165) is 5.56 Å². The van der Waals surface area contributed by atoms with E-state index in [1.54, 1.807) is 11.8 Å². The van der Waals surface area contributed by atoms with Crippen LogP contribution in [-0.2, 0) is 22.6 Å². The molecule has 3 rings (SSSR count). The van der Waals surface area contributed by atoms with Crippen LogP contribution in [0, 0.1) is 20.8 Å². The second-order valence-electron chi connectivity index (χ2n) is 6.91. The Kier molecular flexibility index (Phi) is 4.97. The zero-order valence-electron chi connectivity index (χ0n) is 15.4. The number of nitrogens with one attached hydrogen (secondary N) is 2. The average Bonchev–Trinajstić information content (AvgIpc) is 2.91. The lowest BCUT2D eigenvalue weighted by Gasteiger charge is -2.34. The number of nitrogens with zero attached hydrogens (tertiary/aromatic N) is 2. The van der Waals surface area contributed by atoms with Crippen molar-refractivity contribution in [1.82, 2.24) is 20.0 Å². The van der Waals surface area contributed by atoms with E-state index in [1.807, 2.05) is 6.07 Å². The van der Waals surface area contributed by atoms with Crippen molar-refractivity contribution in [2.75, 3.05) is 19.6 Å². The number of aromatic amines is 2. The fourth-order valence-electron chi connectivity index (χ4n) is 3.16. The number of benzene rings is 1. The van der Waals surface area contributed by atoms with E-state index in [0.29, 0.717) is 30.9 Å². The Hall–Kier alpha value is -2.83. The Morgan fingerprint density at radius 1 is 1.08 bits per heavy atom. The van der Waals surface area contributed by atoms with Gasteiger partial charge < -0.3 is 14.9 Å². The van der Waals surface area contributed by atoms with Gasteiger partial charge in [0.1, 0.15) is 0 Å². The molecule has 0 bridgehead atoms. The van der Waals surface area contributed by atoms with Gasteiger partial charge in [-0.15, -0.1) is 0 Å². The van der Waals surface area contributed by atoms with Crippen molar-refractivity contribution in [3.8, 4) is 0 Å². The number of amides is 2. The molecule has 1 aromatic heterocycles. The standard InChI is InChI=1S/C19H24N4O3/c1-12-4-5-15(8-13(12)2)10-22-6-7-23(11-18(22)25)17(24)9-16-14(3)20-21-19(16)26/h4-5,8H,6-7,9-11H2,1-3H3,(H2,20,21,26). The molecule has 7 nitrogen and oxygen atoms in total. The number of H-pyrrole nitrogens is 2. The lowest BCUT2D eigenvalue weighted by molar-refractivity contribution is -0.145. The minimum atomic E-state index is -0.282. The maximum Gasteiger partial charge on any atom is 0.267 e. The summed E-state index contributed by atoms with van der Waals surface area (Å²) < 4.78 is 0. The molecule has 7 heteroatoms. The van der Waals surface area contributed by atoms with E-state index in [2.05, 4.69) is 36.2 Å². The van der Waals surface area contributed by atoms with Gasteiger partial charge in [0, 0.05) is 30.9 Å². The summed E-state index contributed by atoms with van der Waals surface area (Å²) in [5, 5.41) is 5.18. The van der Waals surface area contributed by atoms with Crippen molar-refractivity contribution >= 4 is 11.8 Å². The van der Waals surface area contributed by atoms with Gasteiger partial charge >= 0.3 is 0 Å². The first-order chi connectivity index (χ1) is 12.3. The minimum absolute atomic E-state index is 0.00903. The second-order valence-corrected chi connectivity index (χ2v) is 6.91. The summed E-state index contributed by atoms with van der Waals surface area (Å²) >= 11 is 0. The molecule has 1 fully saturated rings. The molecular formula is C19H24N4O3. The lowest BCUT2D eigenvalue weighted by Crippen LogP contribution is -2.52. The van der Waals surface area contributed by atoms with Gasteiger partial charge in [0.25, 0.3) is 5.56 Å². The molecule has 0 unspecified atom stereocenters. The third kappa shape index (κ3) is 3.71. The maximum absolute atomic E-state index is 12.5.